The quantitative estimate of drug-likeness (QED) is 0.511. The van der Waals surface area contributed by atoms with E-state index >= 15 is 0 Å². The fourth-order valence-electron chi connectivity index (χ4n) is 1.29. The van der Waals surface area contributed by atoms with Crippen molar-refractivity contribution >= 4 is 5.82 Å². The van der Waals surface area contributed by atoms with E-state index in [1.807, 2.05) is 6.92 Å². The lowest BCUT2D eigenvalue weighted by atomic mass is 10.0. The molecule has 0 spiro atoms. The van der Waals surface area contributed by atoms with Crippen molar-refractivity contribution in [2.75, 3.05) is 5.43 Å². The number of nitrogens with zero attached hydrogens (tertiary/aromatic N) is 2. The Kier molecular flexibility index (Phi) is 2.60. The topological polar surface area (TPSA) is 63.8 Å². The summed E-state index contributed by atoms with van der Waals surface area (Å²) < 4.78 is 0. The highest BCUT2D eigenvalue weighted by Gasteiger charge is 2.10. The number of nitrogens with one attached hydrogen (secondary N) is 1. The molecule has 0 aromatic carbocycles. The number of nitrogen functional groups attached to an aromatic ring is 1. The third-order valence-corrected chi connectivity index (χ3v) is 1.80. The number of aryl methyl sites for hydroxylation is 1. The van der Waals surface area contributed by atoms with Gasteiger partial charge >= 0.3 is 0 Å². The van der Waals surface area contributed by atoms with Gasteiger partial charge in [0.2, 0.25) is 0 Å². The number of aromatic nitrogens is 2. The molecule has 0 unspecified atom stereocenters. The largest absolute Gasteiger partial charge is 0.308 e. The molecule has 66 valence electrons. The first kappa shape index (κ1) is 8.93. The maximum absolute atomic E-state index is 5.32. The summed E-state index contributed by atoms with van der Waals surface area (Å²) in [5, 5.41) is 0. The molecular weight excluding hydrogens is 152 g/mol. The first-order valence-corrected chi connectivity index (χ1v) is 3.95. The molecule has 0 amide bonds. The Morgan fingerprint density at radius 1 is 1.42 bits per heavy atom. The molecule has 0 saturated carbocycles. The second-order valence-corrected chi connectivity index (χ2v) is 3.02. The van der Waals surface area contributed by atoms with Crippen molar-refractivity contribution in [2.45, 2.75) is 26.7 Å². The minimum atomic E-state index is 0.386. The third-order valence-electron chi connectivity index (χ3n) is 1.80. The molecule has 3 N–H and O–H groups in total. The van der Waals surface area contributed by atoms with Crippen LogP contribution in [0.25, 0.3) is 0 Å². The maximum Gasteiger partial charge on any atom is 0.147 e. The van der Waals surface area contributed by atoms with Crippen LogP contribution in [0.5, 0.6) is 0 Å². The normalized spacial score (nSPS) is 10.4. The van der Waals surface area contributed by atoms with Crippen LogP contribution in [0.3, 0.4) is 0 Å². The summed E-state index contributed by atoms with van der Waals surface area (Å²) in [5.41, 5.74) is 4.63. The second kappa shape index (κ2) is 3.49. The van der Waals surface area contributed by atoms with Crippen LogP contribution < -0.4 is 11.3 Å². The van der Waals surface area contributed by atoms with Gasteiger partial charge in [-0.15, -0.1) is 0 Å². The molecule has 1 aromatic rings. The Morgan fingerprint density at radius 3 is 2.50 bits per heavy atom. The highest BCUT2D eigenvalue weighted by Crippen LogP contribution is 2.22. The molecule has 0 aliphatic heterocycles. The monoisotopic (exact) mass is 166 g/mol. The maximum atomic E-state index is 5.32. The summed E-state index contributed by atoms with van der Waals surface area (Å²) in [6, 6.07) is 0. The number of nitrogens with two attached hydrogens (primary N) is 1. The zero-order valence-corrected chi connectivity index (χ0v) is 7.63. The van der Waals surface area contributed by atoms with Crippen LogP contribution in [0.1, 0.15) is 31.0 Å². The molecular formula is C8H14N4. The molecule has 1 aromatic heterocycles. The predicted octanol–water partition coefficient (Wildman–Crippen LogP) is 1.19. The molecule has 0 fully saturated rings. The van der Waals surface area contributed by atoms with Crippen LogP contribution in [0, 0.1) is 6.92 Å². The third kappa shape index (κ3) is 1.53. The van der Waals surface area contributed by atoms with Gasteiger partial charge in [0.1, 0.15) is 12.1 Å². The number of hydrogen-bond acceptors (Lipinski definition) is 4. The van der Waals surface area contributed by atoms with Crippen molar-refractivity contribution in [1.29, 1.82) is 0 Å². The van der Waals surface area contributed by atoms with Crippen LogP contribution >= 0.6 is 0 Å². The van der Waals surface area contributed by atoms with E-state index in [2.05, 4.69) is 29.2 Å². The van der Waals surface area contributed by atoms with Crippen LogP contribution in [0.15, 0.2) is 6.33 Å². The van der Waals surface area contributed by atoms with E-state index in [9.17, 15) is 0 Å². The Bertz CT molecular complexity index is 270. The van der Waals surface area contributed by atoms with Gasteiger partial charge in [-0.2, -0.15) is 0 Å². The molecule has 4 nitrogen and oxygen atoms in total. The summed E-state index contributed by atoms with van der Waals surface area (Å²) >= 11 is 0. The Morgan fingerprint density at radius 2 is 2.08 bits per heavy atom. The molecule has 0 atom stereocenters. The van der Waals surface area contributed by atoms with Crippen molar-refractivity contribution in [3.05, 3.63) is 17.6 Å². The van der Waals surface area contributed by atoms with E-state index in [0.29, 0.717) is 5.92 Å². The van der Waals surface area contributed by atoms with Gasteiger partial charge in [0, 0.05) is 11.3 Å². The van der Waals surface area contributed by atoms with E-state index in [1.54, 1.807) is 0 Å². The Balaban J connectivity index is 3.20. The van der Waals surface area contributed by atoms with Gasteiger partial charge in [0.05, 0.1) is 0 Å². The zero-order chi connectivity index (χ0) is 9.14. The lowest BCUT2D eigenvalue weighted by Gasteiger charge is -2.12. The van der Waals surface area contributed by atoms with E-state index in [1.165, 1.54) is 6.33 Å². The van der Waals surface area contributed by atoms with Crippen molar-refractivity contribution in [3.8, 4) is 0 Å². The molecule has 0 aliphatic carbocycles. The molecule has 0 saturated heterocycles. The first-order chi connectivity index (χ1) is 5.66. The van der Waals surface area contributed by atoms with Gasteiger partial charge in [-0.1, -0.05) is 13.8 Å². The summed E-state index contributed by atoms with van der Waals surface area (Å²) in [4.78, 5) is 8.13. The van der Waals surface area contributed by atoms with Gasteiger partial charge in [-0.05, 0) is 12.8 Å². The molecule has 12 heavy (non-hydrogen) atoms. The van der Waals surface area contributed by atoms with Crippen LogP contribution in [0.4, 0.5) is 5.82 Å². The average Bonchev–Trinajstić information content (AvgIpc) is 2.03. The van der Waals surface area contributed by atoms with Crippen LogP contribution in [0.2, 0.25) is 0 Å². The minimum absolute atomic E-state index is 0.386. The molecule has 4 heteroatoms. The number of anilines is 1. The van der Waals surface area contributed by atoms with Crippen molar-refractivity contribution in [3.63, 3.8) is 0 Å². The van der Waals surface area contributed by atoms with E-state index in [-0.39, 0.29) is 0 Å². The molecule has 1 heterocycles. The van der Waals surface area contributed by atoms with Crippen molar-refractivity contribution < 1.29 is 0 Å². The van der Waals surface area contributed by atoms with Crippen LogP contribution in [-0.2, 0) is 0 Å². The van der Waals surface area contributed by atoms with Gasteiger partial charge in [0.25, 0.3) is 0 Å². The zero-order valence-electron chi connectivity index (χ0n) is 7.63. The van der Waals surface area contributed by atoms with Crippen LogP contribution in [-0.4, -0.2) is 9.97 Å². The van der Waals surface area contributed by atoms with E-state index in [0.717, 1.165) is 17.1 Å². The number of hydrazine groups is 1. The summed E-state index contributed by atoms with van der Waals surface area (Å²) in [5.74, 6) is 6.42. The van der Waals surface area contributed by atoms with Gasteiger partial charge in [0.15, 0.2) is 0 Å². The van der Waals surface area contributed by atoms with Gasteiger partial charge in [-0.25, -0.2) is 15.8 Å². The summed E-state index contributed by atoms with van der Waals surface area (Å²) in [6.45, 7) is 6.14. The molecule has 1 rings (SSSR count). The first-order valence-electron chi connectivity index (χ1n) is 3.95. The van der Waals surface area contributed by atoms with E-state index in [4.69, 9.17) is 5.84 Å². The fraction of sp³-hybridized carbons (Fsp3) is 0.500. The summed E-state index contributed by atoms with van der Waals surface area (Å²) in [6.07, 6.45) is 1.51. The molecule has 0 bridgehead atoms. The Labute approximate surface area is 72.2 Å². The van der Waals surface area contributed by atoms with Crippen molar-refractivity contribution in [2.24, 2.45) is 5.84 Å². The fourth-order valence-corrected chi connectivity index (χ4v) is 1.29. The molecule has 0 aliphatic rings. The lowest BCUT2D eigenvalue weighted by molar-refractivity contribution is 0.830. The van der Waals surface area contributed by atoms with Gasteiger partial charge in [-0.3, -0.25) is 0 Å². The molecule has 0 radical (unpaired) electrons. The highest BCUT2D eigenvalue weighted by molar-refractivity contribution is 5.46. The minimum Gasteiger partial charge on any atom is -0.308 e. The van der Waals surface area contributed by atoms with Crippen molar-refractivity contribution in [1.82, 2.24) is 9.97 Å². The van der Waals surface area contributed by atoms with E-state index < -0.39 is 0 Å². The standard InChI is InChI=1S/C8H14N4/c1-5(2)7-6(3)10-4-11-8(7)12-9/h4-5H,9H2,1-3H3,(H,10,11,12). The smallest absolute Gasteiger partial charge is 0.147 e. The highest BCUT2D eigenvalue weighted by atomic mass is 15.3. The predicted molar refractivity (Wildman–Crippen MR) is 48.7 cm³/mol. The summed E-state index contributed by atoms with van der Waals surface area (Å²) in [7, 11) is 0. The Hall–Kier alpha value is -1.16. The van der Waals surface area contributed by atoms with Gasteiger partial charge < -0.3 is 5.43 Å². The number of rotatable bonds is 2. The second-order valence-electron chi connectivity index (χ2n) is 3.02. The number of hydrogen-bond donors (Lipinski definition) is 2. The lowest BCUT2D eigenvalue weighted by Crippen LogP contribution is -2.13. The average molecular weight is 166 g/mol. The SMILES string of the molecule is Cc1ncnc(NN)c1C(C)C.